The van der Waals surface area contributed by atoms with E-state index in [1.165, 1.54) is 7.11 Å². The van der Waals surface area contributed by atoms with Crippen LogP contribution in [0, 0.1) is 25.2 Å². The van der Waals surface area contributed by atoms with E-state index < -0.39 is 11.6 Å². The van der Waals surface area contributed by atoms with Crippen LogP contribution in [0.4, 0.5) is 0 Å². The fourth-order valence-electron chi connectivity index (χ4n) is 1.67. The van der Waals surface area contributed by atoms with Gasteiger partial charge in [-0.15, -0.1) is 0 Å². The molecule has 18 heavy (non-hydrogen) atoms. The second kappa shape index (κ2) is 5.65. The Balaban J connectivity index is 3.31. The highest BCUT2D eigenvalue weighted by atomic mass is 16.6. The molecule has 4 nitrogen and oxygen atoms in total. The number of rotatable bonds is 4. The van der Waals surface area contributed by atoms with Crippen LogP contribution in [-0.4, -0.2) is 19.7 Å². The van der Waals surface area contributed by atoms with Crippen molar-refractivity contribution in [1.82, 2.24) is 0 Å². The van der Waals surface area contributed by atoms with E-state index in [2.05, 4.69) is 0 Å². The van der Waals surface area contributed by atoms with Crippen molar-refractivity contribution in [2.75, 3.05) is 13.7 Å². The Labute approximate surface area is 107 Å². The largest absolute Gasteiger partial charge is 0.463 e. The minimum Gasteiger partial charge on any atom is -0.463 e. The van der Waals surface area contributed by atoms with Gasteiger partial charge in [0.2, 0.25) is 0 Å². The van der Waals surface area contributed by atoms with Crippen LogP contribution in [0.5, 0.6) is 0 Å². The van der Waals surface area contributed by atoms with E-state index in [1.54, 1.807) is 19.1 Å². The van der Waals surface area contributed by atoms with Crippen LogP contribution in [-0.2, 0) is 19.9 Å². The molecule has 4 heteroatoms. The Morgan fingerprint density at radius 1 is 1.39 bits per heavy atom. The van der Waals surface area contributed by atoms with Crippen molar-refractivity contribution in [3.8, 4) is 6.07 Å². The van der Waals surface area contributed by atoms with Crippen LogP contribution in [0.2, 0.25) is 0 Å². The normalized spacial score (nSPS) is 13.5. The summed E-state index contributed by atoms with van der Waals surface area (Å²) in [7, 11) is 1.33. The molecular weight excluding hydrogens is 230 g/mol. The molecule has 1 aromatic carbocycles. The second-order valence-corrected chi connectivity index (χ2v) is 4.02. The number of esters is 1. The molecule has 0 fully saturated rings. The van der Waals surface area contributed by atoms with Crippen LogP contribution in [0.25, 0.3) is 0 Å². The van der Waals surface area contributed by atoms with Gasteiger partial charge >= 0.3 is 5.97 Å². The van der Waals surface area contributed by atoms with Crippen LogP contribution >= 0.6 is 0 Å². The number of carbonyl (C=O) groups excluding carboxylic acids is 1. The molecule has 0 spiro atoms. The van der Waals surface area contributed by atoms with Gasteiger partial charge in [0.1, 0.15) is 6.07 Å². The van der Waals surface area contributed by atoms with Crippen LogP contribution in [0.15, 0.2) is 18.2 Å². The van der Waals surface area contributed by atoms with Crippen molar-refractivity contribution in [2.45, 2.75) is 26.4 Å². The summed E-state index contributed by atoms with van der Waals surface area (Å²) in [5.41, 5.74) is 0.891. The first kappa shape index (κ1) is 14.2. The number of nitrogens with zero attached hydrogens (tertiary/aromatic N) is 1. The Morgan fingerprint density at radius 3 is 2.50 bits per heavy atom. The van der Waals surface area contributed by atoms with Crippen molar-refractivity contribution in [3.63, 3.8) is 0 Å². The van der Waals surface area contributed by atoms with Gasteiger partial charge < -0.3 is 9.47 Å². The lowest BCUT2D eigenvalue weighted by Crippen LogP contribution is -2.38. The summed E-state index contributed by atoms with van der Waals surface area (Å²) in [6.45, 7) is 5.78. The molecule has 1 aromatic rings. The summed E-state index contributed by atoms with van der Waals surface area (Å²) in [4.78, 5) is 12.0. The van der Waals surface area contributed by atoms with E-state index in [-0.39, 0.29) is 6.61 Å². The second-order valence-electron chi connectivity index (χ2n) is 4.02. The number of hydrogen-bond acceptors (Lipinski definition) is 4. The summed E-state index contributed by atoms with van der Waals surface area (Å²) < 4.78 is 10.1. The molecule has 96 valence electrons. The molecule has 0 aromatic heterocycles. The van der Waals surface area contributed by atoms with Gasteiger partial charge in [-0.2, -0.15) is 5.26 Å². The lowest BCUT2D eigenvalue weighted by molar-refractivity contribution is -0.163. The molecule has 0 amide bonds. The summed E-state index contributed by atoms with van der Waals surface area (Å²) in [5.74, 6) is -0.682. The average Bonchev–Trinajstić information content (AvgIpc) is 2.36. The predicted molar refractivity (Wildman–Crippen MR) is 66.8 cm³/mol. The van der Waals surface area contributed by atoms with E-state index in [1.807, 2.05) is 26.0 Å². The van der Waals surface area contributed by atoms with Gasteiger partial charge in [-0.1, -0.05) is 18.2 Å². The summed E-state index contributed by atoms with van der Waals surface area (Å²) in [6, 6.07) is 7.26. The van der Waals surface area contributed by atoms with Gasteiger partial charge in [0.05, 0.1) is 6.61 Å². The zero-order valence-electron chi connectivity index (χ0n) is 11.1. The quantitative estimate of drug-likeness (QED) is 0.765. The topological polar surface area (TPSA) is 59.3 Å². The molecule has 1 rings (SSSR count). The number of hydrogen-bond donors (Lipinski definition) is 0. The molecule has 1 atom stereocenters. The summed E-state index contributed by atoms with van der Waals surface area (Å²) in [5, 5.41) is 9.31. The van der Waals surface area contributed by atoms with Gasteiger partial charge in [-0.3, -0.25) is 0 Å². The SMILES string of the molecule is CCOC(=O)C(C#N)(OC)c1ccc(C)c(C)c1. The minimum atomic E-state index is -1.69. The Morgan fingerprint density at radius 2 is 2.06 bits per heavy atom. The molecule has 0 saturated heterocycles. The zero-order chi connectivity index (χ0) is 13.8. The Kier molecular flexibility index (Phi) is 4.46. The highest BCUT2D eigenvalue weighted by molar-refractivity contribution is 5.85. The van der Waals surface area contributed by atoms with E-state index in [0.29, 0.717) is 5.56 Å². The predicted octanol–water partition coefficient (Wildman–Crippen LogP) is 2.23. The Hall–Kier alpha value is -1.86. The van der Waals surface area contributed by atoms with Crippen molar-refractivity contribution >= 4 is 5.97 Å². The highest BCUT2D eigenvalue weighted by Crippen LogP contribution is 2.28. The molecule has 0 aliphatic carbocycles. The van der Waals surface area contributed by atoms with Gasteiger partial charge in [0.15, 0.2) is 0 Å². The van der Waals surface area contributed by atoms with Gasteiger partial charge in [-0.25, -0.2) is 4.79 Å². The molecule has 1 unspecified atom stereocenters. The molecular formula is C14H17NO3. The van der Waals surface area contributed by atoms with Crippen LogP contribution in [0.3, 0.4) is 0 Å². The van der Waals surface area contributed by atoms with Crippen molar-refractivity contribution in [3.05, 3.63) is 34.9 Å². The standard InChI is InChI=1S/C14H17NO3/c1-5-18-13(16)14(9-15,17-4)12-7-6-10(2)11(3)8-12/h6-8H,5H2,1-4H3. The van der Waals surface area contributed by atoms with Crippen molar-refractivity contribution in [2.24, 2.45) is 0 Å². The number of carbonyl (C=O) groups is 1. The number of nitriles is 1. The van der Waals surface area contributed by atoms with Crippen molar-refractivity contribution in [1.29, 1.82) is 5.26 Å². The minimum absolute atomic E-state index is 0.205. The van der Waals surface area contributed by atoms with Gasteiger partial charge in [0, 0.05) is 12.7 Å². The highest BCUT2D eigenvalue weighted by Gasteiger charge is 2.43. The maximum atomic E-state index is 12.0. The van der Waals surface area contributed by atoms with Gasteiger partial charge in [-0.05, 0) is 31.9 Å². The third kappa shape index (κ3) is 2.36. The maximum absolute atomic E-state index is 12.0. The number of benzene rings is 1. The summed E-state index contributed by atoms with van der Waals surface area (Å²) in [6.07, 6.45) is 0. The van der Waals surface area contributed by atoms with Crippen LogP contribution < -0.4 is 0 Å². The van der Waals surface area contributed by atoms with E-state index in [0.717, 1.165) is 11.1 Å². The molecule has 0 heterocycles. The molecule has 0 saturated carbocycles. The third-order valence-electron chi connectivity index (χ3n) is 2.94. The molecule has 0 radical (unpaired) electrons. The monoisotopic (exact) mass is 247 g/mol. The molecule has 0 aliphatic heterocycles. The number of aryl methyl sites for hydroxylation is 2. The fraction of sp³-hybridized carbons (Fsp3) is 0.429. The first-order chi connectivity index (χ1) is 8.51. The first-order valence-corrected chi connectivity index (χ1v) is 5.73. The lowest BCUT2D eigenvalue weighted by atomic mass is 9.92. The zero-order valence-corrected chi connectivity index (χ0v) is 11.1. The molecule has 0 N–H and O–H groups in total. The van der Waals surface area contributed by atoms with Crippen LogP contribution in [0.1, 0.15) is 23.6 Å². The smallest absolute Gasteiger partial charge is 0.358 e. The molecule has 0 bridgehead atoms. The fourth-order valence-corrected chi connectivity index (χ4v) is 1.67. The number of methoxy groups -OCH3 is 1. The van der Waals surface area contributed by atoms with Crippen molar-refractivity contribution < 1.29 is 14.3 Å². The lowest BCUT2D eigenvalue weighted by Gasteiger charge is -2.23. The van der Waals surface area contributed by atoms with E-state index in [9.17, 15) is 10.1 Å². The molecule has 0 aliphatic rings. The first-order valence-electron chi connectivity index (χ1n) is 5.73. The third-order valence-corrected chi connectivity index (χ3v) is 2.94. The van der Waals surface area contributed by atoms with E-state index in [4.69, 9.17) is 9.47 Å². The maximum Gasteiger partial charge on any atom is 0.358 e. The average molecular weight is 247 g/mol. The summed E-state index contributed by atoms with van der Waals surface area (Å²) >= 11 is 0. The Bertz CT molecular complexity index is 490. The van der Waals surface area contributed by atoms with E-state index >= 15 is 0 Å². The number of ether oxygens (including phenoxy) is 2. The van der Waals surface area contributed by atoms with Gasteiger partial charge in [0.25, 0.3) is 5.60 Å².